The first-order valence-electron chi connectivity index (χ1n) is 15.8. The van der Waals surface area contributed by atoms with Crippen LogP contribution in [0.4, 0.5) is 11.4 Å². The molecule has 1 amide bonds. The third kappa shape index (κ3) is 7.81. The molecule has 0 atom stereocenters. The SMILES string of the molecule is CN(C)Cc1cn2cc(-c3ccccc3N)nc2s1.COc1ccc(C(=O)Nc2ccccc2-c2cn3cc(CN(C)C)sc3n2)cc1OC. The molecule has 13 heteroatoms. The molecule has 4 aromatic heterocycles. The zero-order valence-electron chi connectivity index (χ0n) is 28.9. The number of carbonyl (C=O) groups excluding carboxylic acids is 1. The number of carbonyl (C=O) groups is 1. The van der Waals surface area contributed by atoms with Gasteiger partial charge in [-0.2, -0.15) is 0 Å². The van der Waals surface area contributed by atoms with Crippen LogP contribution in [-0.4, -0.2) is 76.9 Å². The second-order valence-electron chi connectivity index (χ2n) is 12.2. The highest BCUT2D eigenvalue weighted by molar-refractivity contribution is 7.17. The van der Waals surface area contributed by atoms with Gasteiger partial charge in [-0.3, -0.25) is 13.6 Å². The van der Waals surface area contributed by atoms with Crippen LogP contribution in [0, 0.1) is 0 Å². The van der Waals surface area contributed by atoms with Crippen molar-refractivity contribution in [2.45, 2.75) is 13.1 Å². The Morgan fingerprint density at radius 2 is 1.28 bits per heavy atom. The lowest BCUT2D eigenvalue weighted by Crippen LogP contribution is -2.13. The van der Waals surface area contributed by atoms with E-state index in [1.165, 1.54) is 9.75 Å². The predicted molar refractivity (Wildman–Crippen MR) is 204 cm³/mol. The summed E-state index contributed by atoms with van der Waals surface area (Å²) in [6.07, 6.45) is 8.26. The van der Waals surface area contributed by atoms with Crippen molar-refractivity contribution in [1.82, 2.24) is 28.6 Å². The van der Waals surface area contributed by atoms with Gasteiger partial charge in [0.05, 0.1) is 31.3 Å². The largest absolute Gasteiger partial charge is 0.493 e. The number of nitrogen functional groups attached to an aromatic ring is 1. The van der Waals surface area contributed by atoms with E-state index >= 15 is 0 Å². The van der Waals surface area contributed by atoms with Gasteiger partial charge in [0.2, 0.25) is 0 Å². The van der Waals surface area contributed by atoms with Crippen LogP contribution in [0.25, 0.3) is 32.4 Å². The summed E-state index contributed by atoms with van der Waals surface area (Å²) in [7, 11) is 11.3. The average molecular weight is 709 g/mol. The number of nitrogens with zero attached hydrogens (tertiary/aromatic N) is 6. The van der Waals surface area contributed by atoms with E-state index in [1.807, 2.05) is 79.4 Å². The Morgan fingerprint density at radius 1 is 0.740 bits per heavy atom. The summed E-state index contributed by atoms with van der Waals surface area (Å²) in [5.74, 6) is 0.847. The minimum absolute atomic E-state index is 0.234. The first kappa shape index (κ1) is 34.6. The van der Waals surface area contributed by atoms with E-state index in [-0.39, 0.29) is 5.91 Å². The van der Waals surface area contributed by atoms with E-state index in [1.54, 1.807) is 55.1 Å². The lowest BCUT2D eigenvalue weighted by molar-refractivity contribution is 0.102. The molecule has 7 aromatic rings. The Balaban J connectivity index is 0.000000194. The van der Waals surface area contributed by atoms with Crippen LogP contribution in [-0.2, 0) is 13.1 Å². The van der Waals surface area contributed by atoms with Gasteiger partial charge in [0.15, 0.2) is 21.4 Å². The van der Waals surface area contributed by atoms with Gasteiger partial charge in [-0.25, -0.2) is 9.97 Å². The predicted octanol–water partition coefficient (Wildman–Crippen LogP) is 7.10. The van der Waals surface area contributed by atoms with Gasteiger partial charge >= 0.3 is 0 Å². The summed E-state index contributed by atoms with van der Waals surface area (Å²) in [6, 6.07) is 20.6. The average Bonchev–Trinajstić information content (AvgIpc) is 3.85. The fourth-order valence-corrected chi connectivity index (χ4v) is 7.59. The maximum Gasteiger partial charge on any atom is 0.255 e. The number of imidazole rings is 2. The van der Waals surface area contributed by atoms with Crippen molar-refractivity contribution in [2.75, 3.05) is 53.5 Å². The zero-order valence-corrected chi connectivity index (χ0v) is 30.5. The molecule has 50 heavy (non-hydrogen) atoms. The molecular formula is C37H40N8O3S2. The van der Waals surface area contributed by atoms with Crippen LogP contribution in [0.5, 0.6) is 11.5 Å². The molecule has 0 saturated heterocycles. The van der Waals surface area contributed by atoms with Crippen molar-refractivity contribution in [3.05, 3.63) is 107 Å². The summed E-state index contributed by atoms with van der Waals surface area (Å²) in [6.45, 7) is 1.82. The molecule has 0 fully saturated rings. The third-order valence-corrected chi connectivity index (χ3v) is 9.65. The van der Waals surface area contributed by atoms with E-state index in [0.717, 1.165) is 51.2 Å². The Bertz CT molecular complexity index is 2180. The highest BCUT2D eigenvalue weighted by Crippen LogP contribution is 2.32. The number of methoxy groups -OCH3 is 2. The molecular weight excluding hydrogens is 669 g/mol. The van der Waals surface area contributed by atoms with Crippen molar-refractivity contribution in [1.29, 1.82) is 0 Å². The summed E-state index contributed by atoms with van der Waals surface area (Å²) >= 11 is 3.38. The quantitative estimate of drug-likeness (QED) is 0.145. The first-order valence-corrected chi connectivity index (χ1v) is 17.5. The minimum Gasteiger partial charge on any atom is -0.493 e. The monoisotopic (exact) mass is 708 g/mol. The summed E-state index contributed by atoms with van der Waals surface area (Å²) in [4.78, 5) is 31.1. The molecule has 0 aliphatic heterocycles. The first-order chi connectivity index (χ1) is 24.1. The van der Waals surface area contributed by atoms with E-state index in [0.29, 0.717) is 22.7 Å². The molecule has 0 aliphatic rings. The minimum atomic E-state index is -0.234. The highest BCUT2D eigenvalue weighted by atomic mass is 32.1. The van der Waals surface area contributed by atoms with Gasteiger partial charge in [0.25, 0.3) is 5.91 Å². The second kappa shape index (κ2) is 15.1. The number of amides is 1. The zero-order chi connectivity index (χ0) is 35.4. The highest BCUT2D eigenvalue weighted by Gasteiger charge is 2.16. The van der Waals surface area contributed by atoms with Crippen LogP contribution in [0.15, 0.2) is 91.5 Å². The molecule has 7 rings (SSSR count). The molecule has 0 aliphatic carbocycles. The van der Waals surface area contributed by atoms with Crippen molar-refractivity contribution in [3.8, 4) is 34.0 Å². The number of hydrogen-bond donors (Lipinski definition) is 2. The topological polar surface area (TPSA) is 115 Å². The van der Waals surface area contributed by atoms with Gasteiger partial charge in [-0.15, -0.1) is 0 Å². The fourth-order valence-electron chi connectivity index (χ4n) is 5.43. The summed E-state index contributed by atoms with van der Waals surface area (Å²) in [5, 5.41) is 3.00. The van der Waals surface area contributed by atoms with Crippen molar-refractivity contribution >= 4 is 49.9 Å². The van der Waals surface area contributed by atoms with Gasteiger partial charge in [0, 0.05) is 70.0 Å². The number of aromatic nitrogens is 4. The van der Waals surface area contributed by atoms with Crippen LogP contribution in [0.3, 0.4) is 0 Å². The number of nitrogens with two attached hydrogens (primary N) is 1. The van der Waals surface area contributed by atoms with E-state index in [9.17, 15) is 4.79 Å². The number of rotatable bonds is 10. The molecule has 0 spiro atoms. The Hall–Kier alpha value is -5.21. The lowest BCUT2D eigenvalue weighted by atomic mass is 10.1. The number of para-hydroxylation sites is 2. The molecule has 0 saturated carbocycles. The van der Waals surface area contributed by atoms with Crippen LogP contribution in [0.1, 0.15) is 20.1 Å². The van der Waals surface area contributed by atoms with Crippen LogP contribution >= 0.6 is 22.7 Å². The summed E-state index contributed by atoms with van der Waals surface area (Å²) < 4.78 is 14.7. The Kier molecular flexibility index (Phi) is 10.5. The molecule has 3 N–H and O–H groups in total. The van der Waals surface area contributed by atoms with Crippen molar-refractivity contribution in [2.24, 2.45) is 0 Å². The van der Waals surface area contributed by atoms with Crippen molar-refractivity contribution in [3.63, 3.8) is 0 Å². The molecule has 11 nitrogen and oxygen atoms in total. The Morgan fingerprint density at radius 3 is 1.82 bits per heavy atom. The van der Waals surface area contributed by atoms with Gasteiger partial charge in [-0.1, -0.05) is 59.1 Å². The smallest absolute Gasteiger partial charge is 0.255 e. The van der Waals surface area contributed by atoms with Gasteiger partial charge in [0.1, 0.15) is 0 Å². The third-order valence-electron chi connectivity index (χ3n) is 7.69. The van der Waals surface area contributed by atoms with Crippen LogP contribution in [0.2, 0.25) is 0 Å². The lowest BCUT2D eigenvalue weighted by Gasteiger charge is -2.12. The molecule has 4 heterocycles. The number of fused-ring (bicyclic) bond motifs is 2. The van der Waals surface area contributed by atoms with Crippen molar-refractivity contribution < 1.29 is 14.3 Å². The van der Waals surface area contributed by atoms with Gasteiger partial charge < -0.3 is 30.3 Å². The number of thiazole rings is 2. The normalized spacial score (nSPS) is 11.3. The van der Waals surface area contributed by atoms with Gasteiger partial charge in [-0.05, 0) is 58.5 Å². The molecule has 0 radical (unpaired) electrons. The molecule has 0 unspecified atom stereocenters. The van der Waals surface area contributed by atoms with E-state index in [4.69, 9.17) is 20.2 Å². The molecule has 3 aromatic carbocycles. The maximum absolute atomic E-state index is 12.9. The number of hydrogen-bond acceptors (Lipinski definition) is 10. The number of anilines is 2. The standard InChI is InChI=1S/C23H24N4O3S.C14H16N4S/c1-26(2)12-16-13-27-14-19(25-23(27)31-16)17-7-5-6-8-18(17)24-22(28)15-9-10-20(29-3)21(11-15)30-4;1-17(2)7-10-8-18-9-13(16-14(18)19-10)11-5-3-4-6-12(11)15/h5-11,13-14H,12H2,1-4H3,(H,24,28);3-6,8-9H,7,15H2,1-2H3. The molecule has 0 bridgehead atoms. The Labute approximate surface area is 299 Å². The maximum atomic E-state index is 12.9. The van der Waals surface area contributed by atoms with E-state index < -0.39 is 0 Å². The number of ether oxygens (including phenoxy) is 2. The summed E-state index contributed by atoms with van der Waals surface area (Å²) in [5.41, 5.74) is 11.5. The number of benzene rings is 3. The van der Waals surface area contributed by atoms with Crippen LogP contribution < -0.4 is 20.5 Å². The van der Waals surface area contributed by atoms with E-state index in [2.05, 4.69) is 51.0 Å². The fraction of sp³-hybridized carbons (Fsp3) is 0.216. The second-order valence-corrected chi connectivity index (χ2v) is 14.3. The molecule has 258 valence electrons. The number of nitrogens with one attached hydrogen (secondary N) is 1.